The first-order valence-electron chi connectivity index (χ1n) is 7.60. The summed E-state index contributed by atoms with van der Waals surface area (Å²) in [4.78, 5) is 16.2. The van der Waals surface area contributed by atoms with Gasteiger partial charge in [-0.3, -0.25) is 4.79 Å². The quantitative estimate of drug-likeness (QED) is 0.899. The molecule has 0 amide bonds. The number of carboxylic acids is 1. The lowest BCUT2D eigenvalue weighted by molar-refractivity contribution is -0.152. The fourth-order valence-electron chi connectivity index (χ4n) is 3.40. The van der Waals surface area contributed by atoms with E-state index in [1.807, 2.05) is 18.5 Å². The van der Waals surface area contributed by atoms with Gasteiger partial charge in [0, 0.05) is 12.5 Å². The highest BCUT2D eigenvalue weighted by Gasteiger charge is 2.43. The molecule has 0 spiro atoms. The lowest BCUT2D eigenvalue weighted by Crippen LogP contribution is -2.39. The Morgan fingerprint density at radius 3 is 2.95 bits per heavy atom. The normalized spacial score (nSPS) is 26.9. The Morgan fingerprint density at radius 1 is 1.60 bits per heavy atom. The van der Waals surface area contributed by atoms with Crippen LogP contribution >= 0.6 is 0 Å². The maximum Gasteiger partial charge on any atom is 0.310 e. The van der Waals surface area contributed by atoms with Crippen molar-refractivity contribution in [3.05, 3.63) is 12.2 Å². The Hall–Kier alpha value is -1.39. The highest BCUT2D eigenvalue weighted by molar-refractivity contribution is 5.75. The summed E-state index contributed by atoms with van der Waals surface area (Å²) in [6.07, 6.45) is 6.77. The molecule has 2 atom stereocenters. The van der Waals surface area contributed by atoms with Crippen molar-refractivity contribution in [3.63, 3.8) is 0 Å². The van der Waals surface area contributed by atoms with Crippen LogP contribution in [0.1, 0.15) is 64.7 Å². The summed E-state index contributed by atoms with van der Waals surface area (Å²) in [7, 11) is 0. The largest absolute Gasteiger partial charge is 0.481 e. The molecule has 0 radical (unpaired) electrons. The lowest BCUT2D eigenvalue weighted by atomic mass is 9.67. The summed E-state index contributed by atoms with van der Waals surface area (Å²) in [6, 6.07) is 0.212. The van der Waals surface area contributed by atoms with Crippen LogP contribution < -0.4 is 0 Å². The fraction of sp³-hybridized carbons (Fsp3) is 0.800. The zero-order valence-electron chi connectivity index (χ0n) is 12.7. The molecule has 5 nitrogen and oxygen atoms in total. The molecule has 1 aromatic rings. The van der Waals surface area contributed by atoms with Crippen molar-refractivity contribution in [3.8, 4) is 0 Å². The van der Waals surface area contributed by atoms with Crippen LogP contribution in [0.4, 0.5) is 0 Å². The van der Waals surface area contributed by atoms with Crippen molar-refractivity contribution in [1.82, 2.24) is 14.8 Å². The molecule has 1 heterocycles. The van der Waals surface area contributed by atoms with E-state index < -0.39 is 11.4 Å². The second-order valence-electron chi connectivity index (χ2n) is 6.35. The van der Waals surface area contributed by atoms with Crippen molar-refractivity contribution < 1.29 is 9.90 Å². The molecular formula is C15H25N3O2. The molecule has 0 aromatic carbocycles. The number of rotatable bonds is 5. The van der Waals surface area contributed by atoms with E-state index in [4.69, 9.17) is 0 Å². The van der Waals surface area contributed by atoms with Gasteiger partial charge in [0.05, 0.1) is 5.41 Å². The van der Waals surface area contributed by atoms with E-state index in [2.05, 4.69) is 17.0 Å². The fourth-order valence-corrected chi connectivity index (χ4v) is 3.40. The van der Waals surface area contributed by atoms with Gasteiger partial charge in [-0.15, -0.1) is 0 Å². The third-order valence-corrected chi connectivity index (χ3v) is 4.61. The van der Waals surface area contributed by atoms with E-state index in [9.17, 15) is 9.90 Å². The van der Waals surface area contributed by atoms with Gasteiger partial charge in [0.1, 0.15) is 12.2 Å². The monoisotopic (exact) mass is 279 g/mol. The molecule has 1 aliphatic rings. The number of nitrogens with zero attached hydrogens (tertiary/aromatic N) is 3. The highest BCUT2D eigenvalue weighted by Crippen LogP contribution is 2.43. The predicted octanol–water partition coefficient (Wildman–Crippen LogP) is 3.07. The summed E-state index contributed by atoms with van der Waals surface area (Å²) >= 11 is 0. The van der Waals surface area contributed by atoms with Crippen LogP contribution in [0.15, 0.2) is 6.33 Å². The SMILES string of the molecule is CCC1CCCC(Cc2ncnn2C(C)C)(C(=O)O)C1. The zero-order chi connectivity index (χ0) is 14.8. The summed E-state index contributed by atoms with van der Waals surface area (Å²) in [5.74, 6) is 0.656. The van der Waals surface area contributed by atoms with Crippen LogP contribution in [-0.2, 0) is 11.2 Å². The van der Waals surface area contributed by atoms with E-state index in [0.717, 1.165) is 37.9 Å². The minimum atomic E-state index is -0.672. The molecule has 1 fully saturated rings. The average molecular weight is 279 g/mol. The maximum atomic E-state index is 11.9. The number of aliphatic carboxylic acids is 1. The summed E-state index contributed by atoms with van der Waals surface area (Å²) in [6.45, 7) is 6.24. The van der Waals surface area contributed by atoms with Crippen molar-refractivity contribution in [1.29, 1.82) is 0 Å². The van der Waals surface area contributed by atoms with Gasteiger partial charge in [0.2, 0.25) is 0 Å². The summed E-state index contributed by atoms with van der Waals surface area (Å²) < 4.78 is 1.85. The molecule has 20 heavy (non-hydrogen) atoms. The predicted molar refractivity (Wildman–Crippen MR) is 76.4 cm³/mol. The topological polar surface area (TPSA) is 68.0 Å². The van der Waals surface area contributed by atoms with Crippen LogP contribution in [-0.4, -0.2) is 25.8 Å². The van der Waals surface area contributed by atoms with Gasteiger partial charge in [-0.05, 0) is 32.6 Å². The first-order valence-corrected chi connectivity index (χ1v) is 7.60. The van der Waals surface area contributed by atoms with Gasteiger partial charge >= 0.3 is 5.97 Å². The molecule has 0 aliphatic heterocycles. The van der Waals surface area contributed by atoms with Gasteiger partial charge in [-0.1, -0.05) is 26.2 Å². The molecule has 112 valence electrons. The summed E-state index contributed by atoms with van der Waals surface area (Å²) in [5.41, 5.74) is -0.654. The number of carboxylic acid groups (broad SMARTS) is 1. The molecule has 0 saturated heterocycles. The second-order valence-corrected chi connectivity index (χ2v) is 6.35. The standard InChI is InChI=1S/C15H25N3O2/c1-4-12-6-5-7-15(8-12,14(19)20)9-13-16-10-17-18(13)11(2)3/h10-12H,4-9H2,1-3H3,(H,19,20). The van der Waals surface area contributed by atoms with Gasteiger partial charge in [0.25, 0.3) is 0 Å². The maximum absolute atomic E-state index is 11.9. The van der Waals surface area contributed by atoms with E-state index in [1.165, 1.54) is 6.33 Å². The van der Waals surface area contributed by atoms with E-state index in [1.54, 1.807) is 0 Å². The Balaban J connectivity index is 2.25. The van der Waals surface area contributed by atoms with Crippen molar-refractivity contribution in [2.45, 2.75) is 65.3 Å². The molecular weight excluding hydrogens is 254 g/mol. The molecule has 1 N–H and O–H groups in total. The van der Waals surface area contributed by atoms with Crippen LogP contribution in [0.25, 0.3) is 0 Å². The van der Waals surface area contributed by atoms with Gasteiger partial charge < -0.3 is 5.11 Å². The third-order valence-electron chi connectivity index (χ3n) is 4.61. The molecule has 1 aliphatic carbocycles. The first kappa shape index (κ1) is 15.0. The van der Waals surface area contributed by atoms with Crippen molar-refractivity contribution >= 4 is 5.97 Å². The van der Waals surface area contributed by atoms with Crippen molar-refractivity contribution in [2.75, 3.05) is 0 Å². The van der Waals surface area contributed by atoms with Crippen LogP contribution in [0.2, 0.25) is 0 Å². The van der Waals surface area contributed by atoms with Crippen LogP contribution in [0, 0.1) is 11.3 Å². The van der Waals surface area contributed by atoms with E-state index in [0.29, 0.717) is 12.3 Å². The van der Waals surface area contributed by atoms with Crippen LogP contribution in [0.3, 0.4) is 0 Å². The van der Waals surface area contributed by atoms with Crippen LogP contribution in [0.5, 0.6) is 0 Å². The Labute approximate surface area is 120 Å². The minimum absolute atomic E-state index is 0.212. The number of hydrogen-bond donors (Lipinski definition) is 1. The van der Waals surface area contributed by atoms with Crippen molar-refractivity contribution in [2.24, 2.45) is 11.3 Å². The Bertz CT molecular complexity index is 469. The second kappa shape index (κ2) is 5.94. The number of hydrogen-bond acceptors (Lipinski definition) is 3. The Morgan fingerprint density at radius 2 is 2.35 bits per heavy atom. The zero-order valence-corrected chi connectivity index (χ0v) is 12.7. The molecule has 5 heteroatoms. The van der Waals surface area contributed by atoms with E-state index in [-0.39, 0.29) is 6.04 Å². The Kier molecular flexibility index (Phi) is 4.45. The first-order chi connectivity index (χ1) is 9.48. The lowest BCUT2D eigenvalue weighted by Gasteiger charge is -2.37. The van der Waals surface area contributed by atoms with Gasteiger partial charge in [0.15, 0.2) is 0 Å². The van der Waals surface area contributed by atoms with Gasteiger partial charge in [-0.25, -0.2) is 9.67 Å². The molecule has 2 unspecified atom stereocenters. The molecule has 1 saturated carbocycles. The molecule has 1 aromatic heterocycles. The highest BCUT2D eigenvalue weighted by atomic mass is 16.4. The minimum Gasteiger partial charge on any atom is -0.481 e. The molecule has 2 rings (SSSR count). The third kappa shape index (κ3) is 2.86. The number of carbonyl (C=O) groups is 1. The van der Waals surface area contributed by atoms with Gasteiger partial charge in [-0.2, -0.15) is 5.10 Å². The van der Waals surface area contributed by atoms with E-state index >= 15 is 0 Å². The number of aromatic nitrogens is 3. The average Bonchev–Trinajstić information content (AvgIpc) is 2.87. The smallest absolute Gasteiger partial charge is 0.310 e. The molecule has 0 bridgehead atoms. The summed E-state index contributed by atoms with van der Waals surface area (Å²) in [5, 5.41) is 14.0.